The van der Waals surface area contributed by atoms with Gasteiger partial charge in [-0.2, -0.15) is 0 Å². The minimum absolute atomic E-state index is 0.0833. The van der Waals surface area contributed by atoms with Crippen LogP contribution in [0.2, 0.25) is 0 Å². The van der Waals surface area contributed by atoms with Crippen LogP contribution in [0.1, 0.15) is 51.5 Å². The molecule has 0 spiro atoms. The van der Waals surface area contributed by atoms with Crippen LogP contribution in [0.5, 0.6) is 5.75 Å². The third-order valence-electron chi connectivity index (χ3n) is 4.70. The van der Waals surface area contributed by atoms with E-state index in [0.717, 1.165) is 50.4 Å². The maximum atomic E-state index is 9.75. The third-order valence-corrected chi connectivity index (χ3v) is 4.70. The molecule has 0 aromatic heterocycles. The molecule has 1 aromatic rings. The first-order chi connectivity index (χ1) is 10.6. The number of hydrogen-bond acceptors (Lipinski definition) is 3. The van der Waals surface area contributed by atoms with E-state index >= 15 is 0 Å². The van der Waals surface area contributed by atoms with Gasteiger partial charge in [-0.3, -0.25) is 4.90 Å². The summed E-state index contributed by atoms with van der Waals surface area (Å²) < 4.78 is 5.34. The second kappa shape index (κ2) is 8.54. The average Bonchev–Trinajstić information content (AvgIpc) is 2.52. The molecule has 0 unspecified atom stereocenters. The fourth-order valence-corrected chi connectivity index (χ4v) is 3.24. The van der Waals surface area contributed by atoms with Crippen molar-refractivity contribution in [2.45, 2.75) is 64.6 Å². The molecule has 1 aromatic carbocycles. The van der Waals surface area contributed by atoms with E-state index in [1.807, 2.05) is 6.07 Å². The number of rotatable bonds is 7. The normalized spacial score (nSPS) is 22.3. The van der Waals surface area contributed by atoms with Gasteiger partial charge in [0.1, 0.15) is 5.75 Å². The Kier molecular flexibility index (Phi) is 6.71. The van der Waals surface area contributed by atoms with Crippen LogP contribution in [-0.4, -0.2) is 35.8 Å². The number of aliphatic hydroxyl groups is 1. The number of benzene rings is 1. The summed E-state index contributed by atoms with van der Waals surface area (Å²) in [5.41, 5.74) is 1.31. The Bertz CT molecular complexity index is 439. The molecule has 0 saturated heterocycles. The number of nitrogens with zero attached hydrogens (tertiary/aromatic N) is 1. The molecule has 0 radical (unpaired) electrons. The minimum atomic E-state index is -0.0833. The summed E-state index contributed by atoms with van der Waals surface area (Å²) in [4.78, 5) is 2.61. The Morgan fingerprint density at radius 1 is 1.23 bits per heavy atom. The summed E-state index contributed by atoms with van der Waals surface area (Å²) in [6, 6.07) is 8.99. The Morgan fingerprint density at radius 3 is 2.59 bits per heavy atom. The largest absolute Gasteiger partial charge is 0.497 e. The fourth-order valence-electron chi connectivity index (χ4n) is 3.24. The van der Waals surface area contributed by atoms with Gasteiger partial charge in [0.2, 0.25) is 0 Å². The van der Waals surface area contributed by atoms with Crippen molar-refractivity contribution >= 4 is 0 Å². The molecule has 22 heavy (non-hydrogen) atoms. The zero-order valence-electron chi connectivity index (χ0n) is 14.3. The summed E-state index contributed by atoms with van der Waals surface area (Å²) in [5, 5.41) is 9.75. The van der Waals surface area contributed by atoms with Gasteiger partial charge in [-0.1, -0.05) is 26.0 Å². The summed E-state index contributed by atoms with van der Waals surface area (Å²) in [6.45, 7) is 6.68. The first-order valence-electron chi connectivity index (χ1n) is 8.63. The van der Waals surface area contributed by atoms with Crippen molar-refractivity contribution < 1.29 is 9.84 Å². The first kappa shape index (κ1) is 17.3. The highest BCUT2D eigenvalue weighted by atomic mass is 16.5. The number of methoxy groups -OCH3 is 1. The molecule has 0 atom stereocenters. The minimum Gasteiger partial charge on any atom is -0.497 e. The fraction of sp³-hybridized carbons (Fsp3) is 0.684. The van der Waals surface area contributed by atoms with Crippen molar-refractivity contribution in [1.82, 2.24) is 4.90 Å². The van der Waals surface area contributed by atoms with Gasteiger partial charge in [0.25, 0.3) is 0 Å². The van der Waals surface area contributed by atoms with E-state index in [1.165, 1.54) is 12.0 Å². The number of ether oxygens (including phenoxy) is 1. The van der Waals surface area contributed by atoms with Gasteiger partial charge in [0.05, 0.1) is 13.2 Å². The number of hydrogen-bond donors (Lipinski definition) is 1. The zero-order valence-corrected chi connectivity index (χ0v) is 14.3. The topological polar surface area (TPSA) is 32.7 Å². The van der Waals surface area contributed by atoms with Crippen molar-refractivity contribution in [3.05, 3.63) is 29.8 Å². The van der Waals surface area contributed by atoms with Crippen molar-refractivity contribution in [2.75, 3.05) is 13.7 Å². The Hall–Kier alpha value is -1.06. The van der Waals surface area contributed by atoms with Crippen LogP contribution in [0.4, 0.5) is 0 Å². The SMILES string of the molecule is COc1cccc(CN(CCC(C)C)C2CCC(O)CC2)c1. The standard InChI is InChI=1S/C19H31NO2/c1-15(2)11-12-20(17-7-9-18(21)10-8-17)14-16-5-4-6-19(13-16)22-3/h4-6,13,15,17-18,21H,7-12,14H2,1-3H3. The molecule has 2 rings (SSSR count). The summed E-state index contributed by atoms with van der Waals surface area (Å²) >= 11 is 0. The molecule has 0 aliphatic heterocycles. The van der Waals surface area contributed by atoms with Crippen LogP contribution in [0.3, 0.4) is 0 Å². The van der Waals surface area contributed by atoms with E-state index in [-0.39, 0.29) is 6.10 Å². The lowest BCUT2D eigenvalue weighted by Crippen LogP contribution is -2.39. The first-order valence-corrected chi connectivity index (χ1v) is 8.63. The van der Waals surface area contributed by atoms with Gasteiger partial charge in [-0.05, 0) is 62.3 Å². The van der Waals surface area contributed by atoms with E-state index in [2.05, 4.69) is 36.9 Å². The second-order valence-corrected chi connectivity index (χ2v) is 6.97. The molecule has 0 amide bonds. The Morgan fingerprint density at radius 2 is 1.95 bits per heavy atom. The van der Waals surface area contributed by atoms with Gasteiger partial charge in [0.15, 0.2) is 0 Å². The summed E-state index contributed by atoms with van der Waals surface area (Å²) in [7, 11) is 1.72. The molecule has 3 nitrogen and oxygen atoms in total. The molecule has 0 bridgehead atoms. The molecular formula is C19H31NO2. The quantitative estimate of drug-likeness (QED) is 0.830. The molecule has 1 fully saturated rings. The van der Waals surface area contributed by atoms with Gasteiger partial charge in [-0.15, -0.1) is 0 Å². The zero-order chi connectivity index (χ0) is 15.9. The lowest BCUT2D eigenvalue weighted by molar-refractivity contribution is 0.0679. The molecule has 1 aliphatic rings. The predicted molar refractivity (Wildman–Crippen MR) is 91.1 cm³/mol. The van der Waals surface area contributed by atoms with Gasteiger partial charge >= 0.3 is 0 Å². The summed E-state index contributed by atoms with van der Waals surface area (Å²) in [6.07, 6.45) is 5.26. The van der Waals surface area contributed by atoms with Gasteiger partial charge in [-0.25, -0.2) is 0 Å². The highest BCUT2D eigenvalue weighted by Crippen LogP contribution is 2.26. The van der Waals surface area contributed by atoms with Crippen LogP contribution in [0, 0.1) is 5.92 Å². The lowest BCUT2D eigenvalue weighted by Gasteiger charge is -2.36. The van der Waals surface area contributed by atoms with E-state index < -0.39 is 0 Å². The third kappa shape index (κ3) is 5.29. The average molecular weight is 305 g/mol. The van der Waals surface area contributed by atoms with Gasteiger partial charge < -0.3 is 9.84 Å². The highest BCUT2D eigenvalue weighted by Gasteiger charge is 2.25. The monoisotopic (exact) mass is 305 g/mol. The van der Waals surface area contributed by atoms with E-state index in [4.69, 9.17) is 4.74 Å². The molecule has 1 aliphatic carbocycles. The van der Waals surface area contributed by atoms with Crippen LogP contribution >= 0.6 is 0 Å². The molecule has 124 valence electrons. The van der Waals surface area contributed by atoms with Crippen LogP contribution in [-0.2, 0) is 6.54 Å². The second-order valence-electron chi connectivity index (χ2n) is 6.97. The highest BCUT2D eigenvalue weighted by molar-refractivity contribution is 5.28. The van der Waals surface area contributed by atoms with Crippen molar-refractivity contribution in [1.29, 1.82) is 0 Å². The Labute approximate surface area is 135 Å². The maximum Gasteiger partial charge on any atom is 0.119 e. The molecule has 1 saturated carbocycles. The van der Waals surface area contributed by atoms with E-state index in [0.29, 0.717) is 6.04 Å². The maximum absolute atomic E-state index is 9.75. The van der Waals surface area contributed by atoms with E-state index in [9.17, 15) is 5.11 Å². The molecule has 1 N–H and O–H groups in total. The molecule has 0 heterocycles. The van der Waals surface area contributed by atoms with E-state index in [1.54, 1.807) is 7.11 Å². The van der Waals surface area contributed by atoms with Crippen LogP contribution in [0.25, 0.3) is 0 Å². The van der Waals surface area contributed by atoms with Crippen LogP contribution in [0.15, 0.2) is 24.3 Å². The van der Waals surface area contributed by atoms with Crippen molar-refractivity contribution in [3.63, 3.8) is 0 Å². The van der Waals surface area contributed by atoms with Gasteiger partial charge in [0, 0.05) is 12.6 Å². The summed E-state index contributed by atoms with van der Waals surface area (Å²) in [5.74, 6) is 1.65. The molecule has 3 heteroatoms. The smallest absolute Gasteiger partial charge is 0.119 e. The van der Waals surface area contributed by atoms with Crippen molar-refractivity contribution in [2.24, 2.45) is 5.92 Å². The van der Waals surface area contributed by atoms with Crippen LogP contribution < -0.4 is 4.74 Å². The lowest BCUT2D eigenvalue weighted by atomic mass is 9.91. The van der Waals surface area contributed by atoms with Crippen molar-refractivity contribution in [3.8, 4) is 5.75 Å². The Balaban J connectivity index is 2.02. The number of aliphatic hydroxyl groups excluding tert-OH is 1. The molecular weight excluding hydrogens is 274 g/mol. The predicted octanol–water partition coefficient (Wildman–Crippen LogP) is 3.85.